The molecule has 0 aliphatic heterocycles. The highest BCUT2D eigenvalue weighted by molar-refractivity contribution is 7.92. The van der Waals surface area contributed by atoms with Gasteiger partial charge in [-0.05, 0) is 66.6 Å². The Kier molecular flexibility index (Phi) is 11.0. The van der Waals surface area contributed by atoms with Crippen LogP contribution in [0.25, 0.3) is 0 Å². The van der Waals surface area contributed by atoms with E-state index in [-0.39, 0.29) is 35.9 Å². The average molecular weight is 638 g/mol. The van der Waals surface area contributed by atoms with Gasteiger partial charge in [-0.2, -0.15) is 0 Å². The number of ether oxygens (including phenoxy) is 1. The molecule has 0 aliphatic carbocycles. The van der Waals surface area contributed by atoms with Crippen molar-refractivity contribution in [3.05, 3.63) is 125 Å². The Morgan fingerprint density at radius 3 is 2.16 bits per heavy atom. The molecule has 0 aromatic heterocycles. The van der Waals surface area contributed by atoms with Crippen molar-refractivity contribution in [2.75, 3.05) is 24.5 Å². The van der Waals surface area contributed by atoms with E-state index in [2.05, 4.69) is 5.32 Å². The predicted octanol–water partition coefficient (Wildman–Crippen LogP) is 5.46. The van der Waals surface area contributed by atoms with Gasteiger partial charge >= 0.3 is 0 Å². The minimum atomic E-state index is -4.33. The van der Waals surface area contributed by atoms with E-state index in [1.54, 1.807) is 31.2 Å². The predicted molar refractivity (Wildman–Crippen MR) is 169 cm³/mol. The van der Waals surface area contributed by atoms with Crippen LogP contribution in [-0.2, 0) is 32.6 Å². The Labute approximate surface area is 262 Å². The lowest BCUT2D eigenvalue weighted by Gasteiger charge is -2.34. The summed E-state index contributed by atoms with van der Waals surface area (Å²) in [4.78, 5) is 28.9. The summed E-state index contributed by atoms with van der Waals surface area (Å²) in [5.41, 5.74) is 1.51. The number of nitrogens with zero attached hydrogens (tertiary/aromatic N) is 2. The van der Waals surface area contributed by atoms with Crippen LogP contribution in [0.1, 0.15) is 18.1 Å². The number of benzene rings is 4. The maximum absolute atomic E-state index is 14.4. The van der Waals surface area contributed by atoms with Crippen molar-refractivity contribution in [2.45, 2.75) is 30.8 Å². The molecule has 2 amide bonds. The number of halogens is 2. The van der Waals surface area contributed by atoms with Crippen LogP contribution in [0.5, 0.6) is 5.75 Å². The second-order valence-electron chi connectivity index (χ2n) is 9.83. The minimum Gasteiger partial charge on any atom is -0.492 e. The molecule has 1 N–H and O–H groups in total. The lowest BCUT2D eigenvalue weighted by atomic mass is 10.0. The number of nitrogens with one attached hydrogen (secondary N) is 1. The molecule has 0 saturated carbocycles. The monoisotopic (exact) mass is 637 g/mol. The molecular formula is C33H33ClFN3O5S. The van der Waals surface area contributed by atoms with Crippen molar-refractivity contribution >= 4 is 39.1 Å². The molecule has 44 heavy (non-hydrogen) atoms. The van der Waals surface area contributed by atoms with Crippen LogP contribution < -0.4 is 14.4 Å². The second-order valence-corrected chi connectivity index (χ2v) is 12.1. The van der Waals surface area contributed by atoms with Gasteiger partial charge in [-0.1, -0.05) is 66.2 Å². The number of anilines is 1. The largest absolute Gasteiger partial charge is 0.492 e. The first-order valence-corrected chi connectivity index (χ1v) is 15.8. The quantitative estimate of drug-likeness (QED) is 0.210. The molecule has 0 fully saturated rings. The van der Waals surface area contributed by atoms with E-state index in [4.69, 9.17) is 16.3 Å². The lowest BCUT2D eigenvalue weighted by molar-refractivity contribution is -0.139. The second kappa shape index (κ2) is 14.9. The fourth-order valence-electron chi connectivity index (χ4n) is 4.69. The van der Waals surface area contributed by atoms with Crippen molar-refractivity contribution in [2.24, 2.45) is 0 Å². The number of carbonyl (C=O) groups is 2. The van der Waals surface area contributed by atoms with Crippen molar-refractivity contribution in [1.82, 2.24) is 10.2 Å². The van der Waals surface area contributed by atoms with E-state index in [0.717, 1.165) is 9.87 Å². The van der Waals surface area contributed by atoms with E-state index in [0.29, 0.717) is 10.6 Å². The van der Waals surface area contributed by atoms with Gasteiger partial charge in [0.15, 0.2) is 0 Å². The molecule has 0 aliphatic rings. The summed E-state index contributed by atoms with van der Waals surface area (Å²) in [5, 5.41) is 2.98. The molecule has 4 aromatic rings. The van der Waals surface area contributed by atoms with Crippen LogP contribution in [0.4, 0.5) is 10.1 Å². The number of rotatable bonds is 13. The third kappa shape index (κ3) is 7.94. The summed E-state index contributed by atoms with van der Waals surface area (Å²) < 4.78 is 48.8. The Balaban J connectivity index is 1.82. The van der Waals surface area contributed by atoms with Crippen LogP contribution in [-0.4, -0.2) is 51.4 Å². The number of hydrogen-bond acceptors (Lipinski definition) is 5. The number of hydrogen-bond donors (Lipinski definition) is 1. The zero-order valence-electron chi connectivity index (χ0n) is 24.3. The maximum Gasteiger partial charge on any atom is 0.264 e. The number of carbonyl (C=O) groups excluding carboxylic acids is 2. The zero-order valence-corrected chi connectivity index (χ0v) is 25.9. The van der Waals surface area contributed by atoms with E-state index in [1.807, 2.05) is 30.3 Å². The highest BCUT2D eigenvalue weighted by Gasteiger charge is 2.35. The molecule has 0 bridgehead atoms. The van der Waals surface area contributed by atoms with Gasteiger partial charge in [0, 0.05) is 25.0 Å². The number of likely N-dealkylation sites (N-methyl/N-ethyl adjacent to an activating group) is 1. The van der Waals surface area contributed by atoms with Gasteiger partial charge in [0.05, 0.1) is 17.2 Å². The maximum atomic E-state index is 14.4. The van der Waals surface area contributed by atoms with Crippen molar-refractivity contribution in [3.63, 3.8) is 0 Å². The van der Waals surface area contributed by atoms with Crippen molar-refractivity contribution in [1.29, 1.82) is 0 Å². The number of para-hydroxylation sites is 2. The van der Waals surface area contributed by atoms with Gasteiger partial charge in [-0.15, -0.1) is 0 Å². The number of amides is 2. The molecule has 0 radical (unpaired) electrons. The van der Waals surface area contributed by atoms with Crippen LogP contribution in [0.2, 0.25) is 5.02 Å². The topological polar surface area (TPSA) is 96.0 Å². The Hall–Kier alpha value is -4.41. The van der Waals surface area contributed by atoms with Gasteiger partial charge in [0.25, 0.3) is 10.0 Å². The van der Waals surface area contributed by atoms with Gasteiger partial charge in [-0.25, -0.2) is 12.8 Å². The molecule has 0 spiro atoms. The molecule has 0 unspecified atom stereocenters. The van der Waals surface area contributed by atoms with Crippen molar-refractivity contribution in [3.8, 4) is 5.75 Å². The summed E-state index contributed by atoms with van der Waals surface area (Å²) in [6, 6.07) is 25.9. The Bertz CT molecular complexity index is 1670. The van der Waals surface area contributed by atoms with E-state index < -0.39 is 40.2 Å². The van der Waals surface area contributed by atoms with E-state index in [9.17, 15) is 22.4 Å². The van der Waals surface area contributed by atoms with E-state index >= 15 is 0 Å². The zero-order chi connectivity index (χ0) is 31.7. The first kappa shape index (κ1) is 32.5. The van der Waals surface area contributed by atoms with Crippen molar-refractivity contribution < 1.29 is 27.1 Å². The van der Waals surface area contributed by atoms with Gasteiger partial charge in [-0.3, -0.25) is 13.9 Å². The Morgan fingerprint density at radius 2 is 1.52 bits per heavy atom. The van der Waals surface area contributed by atoms with Gasteiger partial charge < -0.3 is 15.0 Å². The lowest BCUT2D eigenvalue weighted by Crippen LogP contribution is -2.53. The smallest absolute Gasteiger partial charge is 0.264 e. The molecule has 0 saturated heterocycles. The van der Waals surface area contributed by atoms with Crippen LogP contribution in [0, 0.1) is 5.82 Å². The molecule has 0 heterocycles. The molecule has 1 atom stereocenters. The molecule has 4 rings (SSSR count). The van der Waals surface area contributed by atoms with Crippen LogP contribution in [0.15, 0.2) is 108 Å². The standard InChI is InChI=1S/C33H33ClFN3O5S/c1-3-43-31-12-8-7-11-29(31)38(44(41,42)28-19-15-26(34)16-20-28)23-32(39)37(22-25-13-17-27(35)18-14-25)30(33(40)36-2)21-24-9-5-4-6-10-24/h4-20,30H,3,21-23H2,1-2H3,(H,36,40)/t30-/m0/s1. The third-order valence-electron chi connectivity index (χ3n) is 6.90. The third-order valence-corrected chi connectivity index (χ3v) is 8.92. The van der Waals surface area contributed by atoms with Gasteiger partial charge in [0.1, 0.15) is 24.2 Å². The summed E-state index contributed by atoms with van der Waals surface area (Å²) in [6.07, 6.45) is 0.160. The molecule has 8 nitrogen and oxygen atoms in total. The summed E-state index contributed by atoms with van der Waals surface area (Å²) >= 11 is 6.03. The first-order chi connectivity index (χ1) is 21.1. The minimum absolute atomic E-state index is 0.0774. The molecule has 11 heteroatoms. The first-order valence-electron chi connectivity index (χ1n) is 13.9. The van der Waals surface area contributed by atoms with Gasteiger partial charge in [0.2, 0.25) is 11.8 Å². The highest BCUT2D eigenvalue weighted by Crippen LogP contribution is 2.33. The molecule has 4 aromatic carbocycles. The van der Waals surface area contributed by atoms with Crippen LogP contribution in [0.3, 0.4) is 0 Å². The summed E-state index contributed by atoms with van der Waals surface area (Å²) in [5.74, 6) is -1.28. The van der Waals surface area contributed by atoms with Crippen LogP contribution >= 0.6 is 11.6 Å². The SMILES string of the molecule is CCOc1ccccc1N(CC(=O)N(Cc1ccc(F)cc1)[C@@H](Cc1ccccc1)C(=O)NC)S(=O)(=O)c1ccc(Cl)cc1. The summed E-state index contributed by atoms with van der Waals surface area (Å²) in [7, 11) is -2.86. The molecule has 230 valence electrons. The number of sulfonamides is 1. The highest BCUT2D eigenvalue weighted by atomic mass is 35.5. The summed E-state index contributed by atoms with van der Waals surface area (Å²) in [6.45, 7) is 1.29. The van der Waals surface area contributed by atoms with E-state index in [1.165, 1.54) is 60.5 Å². The normalized spacial score (nSPS) is 11.8. The fraction of sp³-hybridized carbons (Fsp3) is 0.212. The Morgan fingerprint density at radius 1 is 0.886 bits per heavy atom. The fourth-order valence-corrected chi connectivity index (χ4v) is 6.25. The molecular weight excluding hydrogens is 605 g/mol. The average Bonchev–Trinajstić information content (AvgIpc) is 3.03.